The quantitative estimate of drug-likeness (QED) is 0.357. The van der Waals surface area contributed by atoms with Crippen LogP contribution in [0.4, 0.5) is 11.4 Å². The van der Waals surface area contributed by atoms with Gasteiger partial charge in [-0.2, -0.15) is 0 Å². The number of nitrogens with one attached hydrogen (secondary N) is 1. The number of nitro benzene ring substituents is 1. The predicted octanol–water partition coefficient (Wildman–Crippen LogP) is 5.33. The minimum absolute atomic E-state index is 0.0222. The number of non-ortho nitro benzene ring substituents is 1. The van der Waals surface area contributed by atoms with Gasteiger partial charge in [0.2, 0.25) is 5.72 Å². The van der Waals surface area contributed by atoms with Gasteiger partial charge in [-0.25, -0.2) is 0 Å². The van der Waals surface area contributed by atoms with Crippen molar-refractivity contribution in [3.8, 4) is 5.75 Å². The Morgan fingerprint density at radius 3 is 2.52 bits per heavy atom. The van der Waals surface area contributed by atoms with Crippen LogP contribution in [0.2, 0.25) is 0 Å². The van der Waals surface area contributed by atoms with Gasteiger partial charge in [-0.3, -0.25) is 14.9 Å². The van der Waals surface area contributed by atoms with Gasteiger partial charge in [-0.05, 0) is 55.8 Å². The maximum absolute atomic E-state index is 13.0. The SMILES string of the molecule is CC1(C)c2cc(C(=O)c3ccccc3)ccc2NC12C=Cc1cc([N+](=O)[O-])ccc1O2. The van der Waals surface area contributed by atoms with Crippen molar-refractivity contribution in [2.75, 3.05) is 5.32 Å². The molecule has 1 atom stereocenters. The van der Waals surface area contributed by atoms with Gasteiger partial charge in [0.05, 0.1) is 10.3 Å². The Balaban J connectivity index is 1.52. The van der Waals surface area contributed by atoms with Crippen LogP contribution in [0.15, 0.2) is 72.8 Å². The molecule has 0 aliphatic carbocycles. The Hall–Kier alpha value is -3.93. The first kappa shape index (κ1) is 19.1. The third-order valence-corrected chi connectivity index (χ3v) is 6.21. The predicted molar refractivity (Wildman–Crippen MR) is 118 cm³/mol. The Morgan fingerprint density at radius 2 is 1.77 bits per heavy atom. The van der Waals surface area contributed by atoms with E-state index in [-0.39, 0.29) is 11.5 Å². The second-order valence-corrected chi connectivity index (χ2v) is 8.36. The van der Waals surface area contributed by atoms with Gasteiger partial charge in [-0.1, -0.05) is 30.3 Å². The third kappa shape index (κ3) is 2.83. The minimum atomic E-state index is -0.868. The van der Waals surface area contributed by atoms with Crippen molar-refractivity contribution < 1.29 is 14.5 Å². The van der Waals surface area contributed by atoms with Crippen LogP contribution in [-0.4, -0.2) is 16.4 Å². The zero-order valence-electron chi connectivity index (χ0n) is 17.1. The molecule has 1 unspecified atom stereocenters. The first-order valence-corrected chi connectivity index (χ1v) is 10.00. The fraction of sp³-hybridized carbons (Fsp3) is 0.160. The van der Waals surface area contributed by atoms with Crippen LogP contribution >= 0.6 is 0 Å². The summed E-state index contributed by atoms with van der Waals surface area (Å²) in [6, 6.07) is 19.4. The number of fused-ring (bicyclic) bond motifs is 2. The molecule has 0 aromatic heterocycles. The summed E-state index contributed by atoms with van der Waals surface area (Å²) in [6.45, 7) is 4.12. The average Bonchev–Trinajstić information content (AvgIpc) is 2.99. The Morgan fingerprint density at radius 1 is 1.00 bits per heavy atom. The summed E-state index contributed by atoms with van der Waals surface area (Å²) in [5, 5.41) is 14.5. The highest BCUT2D eigenvalue weighted by Crippen LogP contribution is 2.51. The average molecular weight is 412 g/mol. The maximum atomic E-state index is 13.0. The fourth-order valence-electron chi connectivity index (χ4n) is 4.31. The van der Waals surface area contributed by atoms with E-state index in [0.717, 1.165) is 11.3 Å². The highest BCUT2D eigenvalue weighted by molar-refractivity contribution is 6.09. The first-order chi connectivity index (χ1) is 14.8. The van der Waals surface area contributed by atoms with Crippen LogP contribution in [0.25, 0.3) is 6.08 Å². The highest BCUT2D eigenvalue weighted by Gasteiger charge is 2.54. The van der Waals surface area contributed by atoms with Crippen molar-refractivity contribution in [1.82, 2.24) is 0 Å². The molecule has 1 N–H and O–H groups in total. The molecule has 1 spiro atoms. The molecule has 0 saturated carbocycles. The number of rotatable bonds is 3. The molecule has 154 valence electrons. The number of ether oxygens (including phenoxy) is 1. The molecular weight excluding hydrogens is 392 g/mol. The summed E-state index contributed by atoms with van der Waals surface area (Å²) in [7, 11) is 0. The second kappa shape index (κ2) is 6.54. The number of nitrogens with zero attached hydrogens (tertiary/aromatic N) is 1. The van der Waals surface area contributed by atoms with Crippen molar-refractivity contribution in [2.45, 2.75) is 25.0 Å². The summed E-state index contributed by atoms with van der Waals surface area (Å²) in [5.41, 5.74) is 2.44. The number of carbonyl (C=O) groups excluding carboxylic acids is 1. The number of anilines is 1. The van der Waals surface area contributed by atoms with Crippen LogP contribution in [-0.2, 0) is 5.41 Å². The summed E-state index contributed by atoms with van der Waals surface area (Å²) in [5.74, 6) is 0.542. The Kier molecular flexibility index (Phi) is 4.02. The van der Waals surface area contributed by atoms with Crippen molar-refractivity contribution in [1.29, 1.82) is 0 Å². The molecule has 0 bridgehead atoms. The smallest absolute Gasteiger partial charge is 0.270 e. The summed E-state index contributed by atoms with van der Waals surface area (Å²) >= 11 is 0. The molecule has 0 saturated heterocycles. The van der Waals surface area contributed by atoms with Gasteiger partial charge < -0.3 is 10.1 Å². The topological polar surface area (TPSA) is 81.5 Å². The molecule has 0 radical (unpaired) electrons. The number of hydrogen-bond acceptors (Lipinski definition) is 5. The van der Waals surface area contributed by atoms with E-state index in [9.17, 15) is 14.9 Å². The maximum Gasteiger partial charge on any atom is 0.270 e. The summed E-state index contributed by atoms with van der Waals surface area (Å²) < 4.78 is 6.39. The zero-order valence-corrected chi connectivity index (χ0v) is 17.1. The third-order valence-electron chi connectivity index (χ3n) is 6.21. The van der Waals surface area contributed by atoms with Crippen LogP contribution in [0.5, 0.6) is 5.75 Å². The van der Waals surface area contributed by atoms with Crippen LogP contribution in [0.1, 0.15) is 40.9 Å². The van der Waals surface area contributed by atoms with E-state index in [0.29, 0.717) is 22.4 Å². The van der Waals surface area contributed by atoms with Gasteiger partial charge in [0, 0.05) is 34.5 Å². The number of carbonyl (C=O) groups is 1. The van der Waals surface area contributed by atoms with E-state index in [1.165, 1.54) is 12.1 Å². The standard InChI is InChI=1S/C25H20N2O4/c1-24(2)20-15-18(23(28)16-6-4-3-5-7-16)8-10-21(20)26-25(24)13-12-17-14-19(27(29)30)9-11-22(17)31-25/h3-15,26H,1-2H3. The van der Waals surface area contributed by atoms with Crippen molar-refractivity contribution in [3.05, 3.63) is 105 Å². The normalized spacial score (nSPS) is 19.8. The highest BCUT2D eigenvalue weighted by atomic mass is 16.6. The van der Waals surface area contributed by atoms with Crippen LogP contribution < -0.4 is 10.1 Å². The van der Waals surface area contributed by atoms with Gasteiger partial charge in [-0.15, -0.1) is 0 Å². The van der Waals surface area contributed by atoms with Gasteiger partial charge in [0.25, 0.3) is 5.69 Å². The molecule has 2 aliphatic rings. The van der Waals surface area contributed by atoms with E-state index in [1.807, 2.05) is 60.7 Å². The largest absolute Gasteiger partial charge is 0.463 e. The van der Waals surface area contributed by atoms with E-state index < -0.39 is 16.1 Å². The second-order valence-electron chi connectivity index (χ2n) is 8.36. The van der Waals surface area contributed by atoms with E-state index in [1.54, 1.807) is 6.07 Å². The molecule has 5 rings (SSSR count). The molecule has 2 heterocycles. The van der Waals surface area contributed by atoms with Gasteiger partial charge in [0.1, 0.15) is 5.75 Å². The lowest BCUT2D eigenvalue weighted by Gasteiger charge is -2.41. The summed E-state index contributed by atoms with van der Waals surface area (Å²) in [6.07, 6.45) is 3.75. The lowest BCUT2D eigenvalue weighted by atomic mass is 9.76. The van der Waals surface area contributed by atoms with E-state index in [2.05, 4.69) is 19.2 Å². The molecule has 0 amide bonds. The Bertz CT molecular complexity index is 1260. The number of ketones is 1. The molecular formula is C25H20N2O4. The molecule has 6 nitrogen and oxygen atoms in total. The van der Waals surface area contributed by atoms with Crippen molar-refractivity contribution in [3.63, 3.8) is 0 Å². The van der Waals surface area contributed by atoms with Gasteiger partial charge >= 0.3 is 0 Å². The molecule has 3 aromatic carbocycles. The van der Waals surface area contributed by atoms with E-state index >= 15 is 0 Å². The number of hydrogen-bond donors (Lipinski definition) is 1. The zero-order chi connectivity index (χ0) is 21.8. The van der Waals surface area contributed by atoms with Crippen molar-refractivity contribution >= 4 is 23.2 Å². The molecule has 0 fully saturated rings. The van der Waals surface area contributed by atoms with Crippen molar-refractivity contribution in [2.24, 2.45) is 0 Å². The lowest BCUT2D eigenvalue weighted by molar-refractivity contribution is -0.384. The molecule has 3 aromatic rings. The number of benzene rings is 3. The monoisotopic (exact) mass is 412 g/mol. The van der Waals surface area contributed by atoms with E-state index in [4.69, 9.17) is 4.74 Å². The van der Waals surface area contributed by atoms with Crippen LogP contribution in [0, 0.1) is 10.1 Å². The van der Waals surface area contributed by atoms with Gasteiger partial charge in [0.15, 0.2) is 5.78 Å². The minimum Gasteiger partial charge on any atom is -0.463 e. The van der Waals surface area contributed by atoms with Crippen LogP contribution in [0.3, 0.4) is 0 Å². The molecule has 6 heteroatoms. The molecule has 2 aliphatic heterocycles. The fourth-order valence-corrected chi connectivity index (χ4v) is 4.31. The molecule has 31 heavy (non-hydrogen) atoms. The lowest BCUT2D eigenvalue weighted by Crippen LogP contribution is -2.53. The Labute approximate surface area is 179 Å². The first-order valence-electron chi connectivity index (χ1n) is 10.00. The number of nitro groups is 1. The summed E-state index contributed by atoms with van der Waals surface area (Å²) in [4.78, 5) is 23.6.